The summed E-state index contributed by atoms with van der Waals surface area (Å²) in [5.74, 6) is 0.0918. The number of hydrogen-bond donors (Lipinski definition) is 0. The van der Waals surface area contributed by atoms with Crippen LogP contribution in [0.15, 0.2) is 24.3 Å². The first-order chi connectivity index (χ1) is 5.20. The molecule has 0 fully saturated rings. The van der Waals surface area contributed by atoms with Crippen LogP contribution in [0.2, 0.25) is 5.02 Å². The molecule has 5 heteroatoms. The van der Waals surface area contributed by atoms with Crippen LogP contribution in [0, 0.1) is 0 Å². The van der Waals surface area contributed by atoms with Gasteiger partial charge in [0, 0.05) is 0 Å². The molecule has 0 radical (unpaired) electrons. The van der Waals surface area contributed by atoms with Crippen molar-refractivity contribution in [3.05, 3.63) is 29.3 Å². The Morgan fingerprint density at radius 1 is 1.42 bits per heavy atom. The van der Waals surface area contributed by atoms with E-state index in [1.165, 1.54) is 12.1 Å². The van der Waals surface area contributed by atoms with Gasteiger partial charge < -0.3 is 14.6 Å². The maximum absolute atomic E-state index is 9.93. The average molecular weight is 211 g/mol. The molecule has 0 heterocycles. The van der Waals surface area contributed by atoms with Crippen molar-refractivity contribution >= 4 is 17.8 Å². The summed E-state index contributed by atoms with van der Waals surface area (Å²) in [6, 6.07) is 6.26. The van der Waals surface area contributed by atoms with E-state index in [1.54, 1.807) is 12.1 Å². The minimum atomic E-state index is -1.61. The monoisotopic (exact) mass is 210 g/mol. The van der Waals surface area contributed by atoms with Gasteiger partial charge in [-0.25, -0.2) is 0 Å². The number of halogens is 1. The minimum Gasteiger partial charge on any atom is -0.512 e. The molecule has 0 saturated heterocycles. The fourth-order valence-corrected chi connectivity index (χ4v) is 0.792. The van der Waals surface area contributed by atoms with Crippen molar-refractivity contribution in [3.8, 4) is 5.75 Å². The number of carboxylic acid groups (broad SMARTS) is 1. The Morgan fingerprint density at radius 3 is 2.50 bits per heavy atom. The fraction of sp³-hybridized carbons (Fsp3) is 0. The molecule has 0 aliphatic carbocycles. The standard InChI is InChI=1S/C7H5ClO3.K/c8-5-3-1-2-4-6(5)11-7(9)10;/h1-4H,(H,9,10);/q;+1/p-1. The number of benzene rings is 1. The zero-order valence-corrected chi connectivity index (χ0v) is 10.3. The van der Waals surface area contributed by atoms with E-state index in [2.05, 4.69) is 4.74 Å². The van der Waals surface area contributed by atoms with Crippen LogP contribution in [0.5, 0.6) is 5.75 Å². The molecule has 1 aromatic carbocycles. The molecule has 3 nitrogen and oxygen atoms in total. The van der Waals surface area contributed by atoms with Gasteiger partial charge in [-0.05, 0) is 12.1 Å². The van der Waals surface area contributed by atoms with Crippen molar-refractivity contribution < 1.29 is 66.0 Å². The molecule has 0 amide bonds. The third-order valence-electron chi connectivity index (χ3n) is 1.03. The van der Waals surface area contributed by atoms with Crippen LogP contribution in [-0.4, -0.2) is 6.16 Å². The molecule has 12 heavy (non-hydrogen) atoms. The van der Waals surface area contributed by atoms with Crippen LogP contribution < -0.4 is 61.2 Å². The second-order valence-electron chi connectivity index (χ2n) is 1.78. The van der Waals surface area contributed by atoms with E-state index in [9.17, 15) is 9.90 Å². The molecule has 0 unspecified atom stereocenters. The fourth-order valence-electron chi connectivity index (χ4n) is 0.617. The summed E-state index contributed by atoms with van der Waals surface area (Å²) in [5.41, 5.74) is 0. The second kappa shape index (κ2) is 5.96. The first-order valence-electron chi connectivity index (χ1n) is 2.83. The molecule has 0 atom stereocenters. The van der Waals surface area contributed by atoms with Crippen LogP contribution in [0.3, 0.4) is 0 Å². The molecule has 0 spiro atoms. The largest absolute Gasteiger partial charge is 1.00 e. The van der Waals surface area contributed by atoms with Crippen molar-refractivity contribution in [3.63, 3.8) is 0 Å². The molecule has 0 aliphatic heterocycles. The van der Waals surface area contributed by atoms with E-state index < -0.39 is 6.16 Å². The Hall–Kier alpha value is 0.416. The Bertz CT molecular complexity index is 277. The SMILES string of the molecule is O=C([O-])Oc1ccccc1Cl.[K+]. The van der Waals surface area contributed by atoms with Crippen LogP contribution >= 0.6 is 11.6 Å². The van der Waals surface area contributed by atoms with Gasteiger partial charge in [0.2, 0.25) is 0 Å². The van der Waals surface area contributed by atoms with Crippen molar-refractivity contribution in [2.75, 3.05) is 0 Å². The van der Waals surface area contributed by atoms with E-state index in [-0.39, 0.29) is 62.2 Å². The van der Waals surface area contributed by atoms with E-state index in [1.807, 2.05) is 0 Å². The first-order valence-corrected chi connectivity index (χ1v) is 3.21. The number of hydrogen-bond acceptors (Lipinski definition) is 3. The molecule has 0 aliphatic rings. The molecule has 1 rings (SSSR count). The average Bonchev–Trinajstić information content (AvgIpc) is 1.93. The summed E-state index contributed by atoms with van der Waals surface area (Å²) in [5, 5.41) is 10.2. The van der Waals surface area contributed by atoms with Crippen molar-refractivity contribution in [1.82, 2.24) is 0 Å². The Morgan fingerprint density at radius 2 is 2.00 bits per heavy atom. The van der Waals surface area contributed by atoms with Crippen LogP contribution in [-0.2, 0) is 0 Å². The van der Waals surface area contributed by atoms with E-state index in [0.717, 1.165) is 0 Å². The second-order valence-corrected chi connectivity index (χ2v) is 2.19. The maximum Gasteiger partial charge on any atom is 1.00 e. The molecular formula is C7H4ClKO3. The predicted octanol–water partition coefficient (Wildman–Crippen LogP) is -1.93. The Kier molecular flexibility index (Phi) is 6.17. The number of carbonyl (C=O) groups is 1. The first kappa shape index (κ1) is 12.4. The van der Waals surface area contributed by atoms with Crippen molar-refractivity contribution in [2.45, 2.75) is 0 Å². The summed E-state index contributed by atoms with van der Waals surface area (Å²) >= 11 is 5.55. The van der Waals surface area contributed by atoms with Gasteiger partial charge in [-0.15, -0.1) is 0 Å². The van der Waals surface area contributed by atoms with Gasteiger partial charge in [0.15, 0.2) is 0 Å². The smallest absolute Gasteiger partial charge is 0.512 e. The topological polar surface area (TPSA) is 49.4 Å². The third kappa shape index (κ3) is 3.89. The van der Waals surface area contributed by atoms with Gasteiger partial charge in [0.05, 0.1) is 10.8 Å². The Labute approximate surface area is 117 Å². The molecule has 1 aromatic rings. The van der Waals surface area contributed by atoms with Gasteiger partial charge in [-0.1, -0.05) is 23.7 Å². The quantitative estimate of drug-likeness (QED) is 0.308. The van der Waals surface area contributed by atoms with Gasteiger partial charge in [0.25, 0.3) is 6.16 Å². The maximum atomic E-state index is 9.93. The predicted molar refractivity (Wildman–Crippen MR) is 37.5 cm³/mol. The van der Waals surface area contributed by atoms with Crippen molar-refractivity contribution in [1.29, 1.82) is 0 Å². The van der Waals surface area contributed by atoms with Gasteiger partial charge in [-0.2, -0.15) is 0 Å². The molecule has 0 aromatic heterocycles. The number of para-hydroxylation sites is 1. The van der Waals surface area contributed by atoms with Crippen LogP contribution in [0.1, 0.15) is 0 Å². The van der Waals surface area contributed by atoms with Gasteiger partial charge in [0.1, 0.15) is 0 Å². The summed E-state index contributed by atoms with van der Waals surface area (Å²) in [4.78, 5) is 9.93. The summed E-state index contributed by atoms with van der Waals surface area (Å²) in [6.45, 7) is 0. The van der Waals surface area contributed by atoms with E-state index in [4.69, 9.17) is 11.6 Å². The molecular weight excluding hydrogens is 207 g/mol. The zero-order valence-electron chi connectivity index (χ0n) is 6.41. The normalized spacial score (nSPS) is 8.42. The van der Waals surface area contributed by atoms with Gasteiger partial charge >= 0.3 is 51.4 Å². The molecule has 0 bridgehead atoms. The van der Waals surface area contributed by atoms with Gasteiger partial charge in [-0.3, -0.25) is 0 Å². The van der Waals surface area contributed by atoms with Crippen LogP contribution in [0.4, 0.5) is 4.79 Å². The Balaban J connectivity index is 0.00000121. The molecule has 0 saturated carbocycles. The third-order valence-corrected chi connectivity index (χ3v) is 1.34. The van der Waals surface area contributed by atoms with Crippen LogP contribution in [0.25, 0.3) is 0 Å². The molecule has 0 N–H and O–H groups in total. The number of carbonyl (C=O) groups excluding carboxylic acids is 1. The minimum absolute atomic E-state index is 0. The molecule has 58 valence electrons. The zero-order chi connectivity index (χ0) is 8.27. The summed E-state index contributed by atoms with van der Waals surface area (Å²) < 4.78 is 4.22. The summed E-state index contributed by atoms with van der Waals surface area (Å²) in [6.07, 6.45) is -1.61. The van der Waals surface area contributed by atoms with Crippen molar-refractivity contribution in [2.24, 2.45) is 0 Å². The summed E-state index contributed by atoms with van der Waals surface area (Å²) in [7, 11) is 0. The number of ether oxygens (including phenoxy) is 1. The van der Waals surface area contributed by atoms with E-state index in [0.29, 0.717) is 0 Å². The van der Waals surface area contributed by atoms with E-state index >= 15 is 0 Å². The number of rotatable bonds is 1.